The van der Waals surface area contributed by atoms with Crippen LogP contribution in [0.25, 0.3) is 0 Å². The first-order valence-electron chi connectivity index (χ1n) is 8.83. The topological polar surface area (TPSA) is 64.8 Å². The molecule has 3 rings (SSSR count). The molecule has 1 aliphatic carbocycles. The monoisotopic (exact) mass is 366 g/mol. The Kier molecular flexibility index (Phi) is 5.02. The van der Waals surface area contributed by atoms with Gasteiger partial charge in [0.2, 0.25) is 5.91 Å². The third kappa shape index (κ3) is 3.03. The van der Waals surface area contributed by atoms with Crippen LogP contribution in [0.5, 0.6) is 5.75 Å². The van der Waals surface area contributed by atoms with Crippen LogP contribution >= 0.6 is 11.6 Å². The number of carbonyl (C=O) groups is 1. The lowest BCUT2D eigenvalue weighted by atomic mass is 9.46. The number of hydrogen-bond acceptors (Lipinski definition) is 4. The number of hydrogen-bond donors (Lipinski definition) is 1. The van der Waals surface area contributed by atoms with E-state index in [1.165, 1.54) is 0 Å². The zero-order chi connectivity index (χ0) is 18.2. The zero-order valence-electron chi connectivity index (χ0n) is 15.1. The molecule has 1 amide bonds. The fourth-order valence-corrected chi connectivity index (χ4v) is 4.46. The minimum absolute atomic E-state index is 0.0288. The summed E-state index contributed by atoms with van der Waals surface area (Å²) in [6.45, 7) is 5.70. The predicted octanol–water partition coefficient (Wildman–Crippen LogP) is 2.71. The molecule has 6 heteroatoms. The van der Waals surface area contributed by atoms with Crippen LogP contribution in [-0.2, 0) is 9.53 Å². The van der Waals surface area contributed by atoms with Crippen molar-refractivity contribution in [2.75, 3.05) is 26.8 Å². The van der Waals surface area contributed by atoms with Crippen molar-refractivity contribution < 1.29 is 14.3 Å². The summed E-state index contributed by atoms with van der Waals surface area (Å²) in [4.78, 5) is 14.8. The molecule has 2 N–H and O–H groups in total. The Bertz CT molecular complexity index is 651. The maximum atomic E-state index is 13.1. The smallest absolute Gasteiger partial charge is 0.243 e. The molecule has 0 spiro atoms. The average Bonchev–Trinajstić information content (AvgIpc) is 2.60. The van der Waals surface area contributed by atoms with Gasteiger partial charge >= 0.3 is 0 Å². The number of likely N-dealkylation sites (N-methyl/N-ethyl adjacent to an activating group) is 1. The summed E-state index contributed by atoms with van der Waals surface area (Å²) >= 11 is 5.95. The lowest BCUT2D eigenvalue weighted by molar-refractivity contribution is -0.229. The first-order chi connectivity index (χ1) is 11.8. The van der Waals surface area contributed by atoms with E-state index in [1.807, 2.05) is 26.0 Å². The molecule has 1 saturated carbocycles. The fourth-order valence-electron chi connectivity index (χ4n) is 4.28. The maximum Gasteiger partial charge on any atom is 0.243 e. The highest BCUT2D eigenvalue weighted by Gasteiger charge is 2.70. The lowest BCUT2D eigenvalue weighted by Gasteiger charge is -2.65. The Morgan fingerprint density at radius 1 is 1.48 bits per heavy atom. The number of benzene rings is 1. The summed E-state index contributed by atoms with van der Waals surface area (Å²) in [5, 5.41) is 0.627. The Morgan fingerprint density at radius 2 is 2.24 bits per heavy atom. The van der Waals surface area contributed by atoms with Gasteiger partial charge in [-0.25, -0.2) is 0 Å². The van der Waals surface area contributed by atoms with Crippen LogP contribution in [0.3, 0.4) is 0 Å². The van der Waals surface area contributed by atoms with Gasteiger partial charge in [0.05, 0.1) is 12.6 Å². The number of ether oxygens (including phenoxy) is 2. The van der Waals surface area contributed by atoms with Crippen molar-refractivity contribution in [2.24, 2.45) is 17.1 Å². The maximum absolute atomic E-state index is 13.1. The van der Waals surface area contributed by atoms with Crippen molar-refractivity contribution in [3.8, 4) is 5.75 Å². The van der Waals surface area contributed by atoms with Crippen molar-refractivity contribution in [3.05, 3.63) is 29.3 Å². The highest BCUT2D eigenvalue weighted by atomic mass is 35.5. The van der Waals surface area contributed by atoms with Crippen LogP contribution in [0, 0.1) is 11.3 Å². The Labute approximate surface area is 154 Å². The number of nitrogens with zero attached hydrogens (tertiary/aromatic N) is 1. The second kappa shape index (κ2) is 6.78. The molecule has 0 aromatic heterocycles. The summed E-state index contributed by atoms with van der Waals surface area (Å²) in [6, 6.07) is 7.23. The first kappa shape index (κ1) is 18.5. The van der Waals surface area contributed by atoms with Gasteiger partial charge < -0.3 is 20.1 Å². The molecular formula is C19H27ClN2O3. The lowest BCUT2D eigenvalue weighted by Crippen LogP contribution is -2.82. The molecule has 0 radical (unpaired) electrons. The van der Waals surface area contributed by atoms with Gasteiger partial charge in [-0.05, 0) is 31.0 Å². The van der Waals surface area contributed by atoms with E-state index in [-0.39, 0.29) is 23.3 Å². The van der Waals surface area contributed by atoms with Gasteiger partial charge in [0.25, 0.3) is 0 Å². The van der Waals surface area contributed by atoms with E-state index in [0.29, 0.717) is 23.9 Å². The highest BCUT2D eigenvalue weighted by molar-refractivity contribution is 6.30. The van der Waals surface area contributed by atoms with Gasteiger partial charge in [-0.15, -0.1) is 0 Å². The average molecular weight is 367 g/mol. The molecule has 1 aromatic rings. The van der Waals surface area contributed by atoms with E-state index in [9.17, 15) is 4.79 Å². The van der Waals surface area contributed by atoms with Crippen LogP contribution in [0.1, 0.15) is 26.7 Å². The molecule has 25 heavy (non-hydrogen) atoms. The molecule has 0 bridgehead atoms. The molecule has 3 unspecified atom stereocenters. The van der Waals surface area contributed by atoms with Crippen LogP contribution in [-0.4, -0.2) is 49.3 Å². The van der Waals surface area contributed by atoms with Crippen molar-refractivity contribution in [2.45, 2.75) is 38.3 Å². The molecule has 138 valence electrons. The normalized spacial score (nSPS) is 30.1. The Morgan fingerprint density at radius 3 is 2.96 bits per heavy atom. The summed E-state index contributed by atoms with van der Waals surface area (Å²) in [5.74, 6) is 0.763. The highest BCUT2D eigenvalue weighted by Crippen LogP contribution is 2.57. The molecule has 1 aliphatic heterocycles. The van der Waals surface area contributed by atoms with Gasteiger partial charge in [-0.1, -0.05) is 31.5 Å². The molecule has 2 fully saturated rings. The van der Waals surface area contributed by atoms with E-state index in [4.69, 9.17) is 26.8 Å². The van der Waals surface area contributed by atoms with Gasteiger partial charge in [0.1, 0.15) is 17.9 Å². The molecule has 5 nitrogen and oxygen atoms in total. The SMILES string of the molecule is CN(CCOc1cccc(Cl)c1)C(=O)C1(N)C2CCCOC2C1(C)C. The van der Waals surface area contributed by atoms with Crippen LogP contribution < -0.4 is 10.5 Å². The quantitative estimate of drug-likeness (QED) is 0.870. The molecule has 3 atom stereocenters. The number of fused-ring (bicyclic) bond motifs is 1. The fraction of sp³-hybridized carbons (Fsp3) is 0.632. The van der Waals surface area contributed by atoms with E-state index >= 15 is 0 Å². The van der Waals surface area contributed by atoms with E-state index in [0.717, 1.165) is 19.4 Å². The van der Waals surface area contributed by atoms with Crippen molar-refractivity contribution >= 4 is 17.5 Å². The van der Waals surface area contributed by atoms with Gasteiger partial charge in [0, 0.05) is 30.0 Å². The number of nitrogens with two attached hydrogens (primary N) is 1. The van der Waals surface area contributed by atoms with Crippen LogP contribution in [0.4, 0.5) is 0 Å². The minimum atomic E-state index is -0.872. The van der Waals surface area contributed by atoms with Gasteiger partial charge in [0.15, 0.2) is 0 Å². The number of halogens is 1. The number of rotatable bonds is 5. The summed E-state index contributed by atoms with van der Waals surface area (Å²) in [7, 11) is 1.78. The zero-order valence-corrected chi connectivity index (χ0v) is 15.9. The second-order valence-corrected chi connectivity index (χ2v) is 8.10. The Hall–Kier alpha value is -1.30. The first-order valence-corrected chi connectivity index (χ1v) is 9.20. The third-order valence-electron chi connectivity index (χ3n) is 5.88. The van der Waals surface area contributed by atoms with Gasteiger partial charge in [-0.3, -0.25) is 4.79 Å². The van der Waals surface area contributed by atoms with Crippen molar-refractivity contribution in [1.29, 1.82) is 0 Å². The summed E-state index contributed by atoms with van der Waals surface area (Å²) < 4.78 is 11.6. The van der Waals surface area contributed by atoms with Crippen molar-refractivity contribution in [3.63, 3.8) is 0 Å². The molecule has 2 aliphatic rings. The molecular weight excluding hydrogens is 340 g/mol. The number of amides is 1. The third-order valence-corrected chi connectivity index (χ3v) is 6.11. The minimum Gasteiger partial charge on any atom is -0.492 e. The van der Waals surface area contributed by atoms with Crippen LogP contribution in [0.15, 0.2) is 24.3 Å². The molecule has 1 heterocycles. The summed E-state index contributed by atoms with van der Waals surface area (Å²) in [5.41, 5.74) is 5.42. The standard InChI is InChI=1S/C19H27ClN2O3/c1-18(2)16-15(8-5-10-25-16)19(18,21)17(23)22(3)9-11-24-14-7-4-6-13(20)12-14/h4,6-7,12,15-16H,5,8-11,21H2,1-3H3. The molecule has 1 saturated heterocycles. The Balaban J connectivity index is 1.60. The van der Waals surface area contributed by atoms with E-state index in [2.05, 4.69) is 0 Å². The van der Waals surface area contributed by atoms with Gasteiger partial charge in [-0.2, -0.15) is 0 Å². The molecule has 1 aromatic carbocycles. The largest absolute Gasteiger partial charge is 0.492 e. The second-order valence-electron chi connectivity index (χ2n) is 7.66. The van der Waals surface area contributed by atoms with E-state index in [1.54, 1.807) is 24.1 Å². The van der Waals surface area contributed by atoms with Crippen molar-refractivity contribution in [1.82, 2.24) is 4.90 Å². The van der Waals surface area contributed by atoms with Crippen LogP contribution in [0.2, 0.25) is 5.02 Å². The number of carbonyl (C=O) groups excluding carboxylic acids is 1. The predicted molar refractivity (Wildman–Crippen MR) is 97.7 cm³/mol. The van der Waals surface area contributed by atoms with E-state index < -0.39 is 5.54 Å². The summed E-state index contributed by atoms with van der Waals surface area (Å²) in [6.07, 6.45) is 1.99.